The van der Waals surface area contributed by atoms with E-state index in [0.29, 0.717) is 0 Å². The van der Waals surface area contributed by atoms with Crippen molar-refractivity contribution in [1.29, 1.82) is 0 Å². The van der Waals surface area contributed by atoms with E-state index in [4.69, 9.17) is 5.11 Å². The maximum absolute atomic E-state index is 12.8. The summed E-state index contributed by atoms with van der Waals surface area (Å²) in [7, 11) is 0. The van der Waals surface area contributed by atoms with Crippen LogP contribution in [0.15, 0.2) is 0 Å². The first kappa shape index (κ1) is 10.5. The molecule has 1 rings (SSSR count). The number of hydrogen-bond acceptors (Lipinski definition) is 1. The Kier molecular flexibility index (Phi) is 2.46. The average molecular weight is 208 g/mol. The van der Waals surface area contributed by atoms with E-state index in [1.807, 2.05) is 0 Å². The summed E-state index contributed by atoms with van der Waals surface area (Å²) in [6, 6.07) is 0. The van der Waals surface area contributed by atoms with Crippen molar-refractivity contribution in [1.82, 2.24) is 0 Å². The summed E-state index contributed by atoms with van der Waals surface area (Å²) in [4.78, 5) is 10.4. The van der Waals surface area contributed by atoms with Crippen LogP contribution in [0.5, 0.6) is 0 Å². The second-order valence-corrected chi connectivity index (χ2v) is 2.56. The van der Waals surface area contributed by atoms with Crippen LogP contribution in [0, 0.1) is 30.2 Å². The summed E-state index contributed by atoms with van der Waals surface area (Å²) >= 11 is 0. The SMILES string of the molecule is Cc1c(F)c(F)c(F)c(F)c1C(=O)O. The molecule has 1 aromatic rings. The number of hydrogen-bond donors (Lipinski definition) is 1. The minimum Gasteiger partial charge on any atom is -0.478 e. The summed E-state index contributed by atoms with van der Waals surface area (Å²) in [6.45, 7) is 0.852. The van der Waals surface area contributed by atoms with Crippen LogP contribution in [-0.4, -0.2) is 11.1 Å². The highest BCUT2D eigenvalue weighted by Gasteiger charge is 2.26. The maximum atomic E-state index is 12.8. The summed E-state index contributed by atoms with van der Waals surface area (Å²) in [5.74, 6) is -9.57. The molecular weight excluding hydrogens is 204 g/mol. The van der Waals surface area contributed by atoms with Gasteiger partial charge in [-0.05, 0) is 6.92 Å². The smallest absolute Gasteiger partial charge is 0.339 e. The van der Waals surface area contributed by atoms with Crippen LogP contribution in [0.3, 0.4) is 0 Å². The van der Waals surface area contributed by atoms with Crippen molar-refractivity contribution in [2.45, 2.75) is 6.92 Å². The van der Waals surface area contributed by atoms with Gasteiger partial charge in [0.2, 0.25) is 0 Å². The predicted octanol–water partition coefficient (Wildman–Crippen LogP) is 2.25. The van der Waals surface area contributed by atoms with Crippen molar-refractivity contribution in [3.8, 4) is 0 Å². The Bertz CT molecular complexity index is 385. The van der Waals surface area contributed by atoms with Crippen molar-refractivity contribution in [3.63, 3.8) is 0 Å². The topological polar surface area (TPSA) is 37.3 Å². The first-order valence-electron chi connectivity index (χ1n) is 3.43. The van der Waals surface area contributed by atoms with Gasteiger partial charge in [-0.2, -0.15) is 0 Å². The molecule has 0 saturated heterocycles. The molecule has 0 fully saturated rings. The van der Waals surface area contributed by atoms with Crippen LogP contribution >= 0.6 is 0 Å². The molecule has 14 heavy (non-hydrogen) atoms. The van der Waals surface area contributed by atoms with Gasteiger partial charge in [0.05, 0.1) is 0 Å². The van der Waals surface area contributed by atoms with Gasteiger partial charge in [-0.15, -0.1) is 0 Å². The number of rotatable bonds is 1. The normalized spacial score (nSPS) is 10.4. The van der Waals surface area contributed by atoms with Crippen molar-refractivity contribution in [2.24, 2.45) is 0 Å². The van der Waals surface area contributed by atoms with E-state index in [1.54, 1.807) is 0 Å². The van der Waals surface area contributed by atoms with Gasteiger partial charge < -0.3 is 5.11 Å². The number of benzene rings is 1. The molecule has 6 heteroatoms. The molecule has 0 spiro atoms. The van der Waals surface area contributed by atoms with Gasteiger partial charge in [0.15, 0.2) is 23.3 Å². The zero-order valence-electron chi connectivity index (χ0n) is 6.87. The Morgan fingerprint density at radius 2 is 1.43 bits per heavy atom. The second kappa shape index (κ2) is 3.28. The van der Waals surface area contributed by atoms with Crippen LogP contribution in [0.25, 0.3) is 0 Å². The molecule has 76 valence electrons. The minimum atomic E-state index is -2.12. The number of aromatic carboxylic acids is 1. The van der Waals surface area contributed by atoms with E-state index in [0.717, 1.165) is 6.92 Å². The van der Waals surface area contributed by atoms with E-state index in [-0.39, 0.29) is 0 Å². The number of carboxylic acids is 1. The Morgan fingerprint density at radius 1 is 1.00 bits per heavy atom. The summed E-state index contributed by atoms with van der Waals surface area (Å²) in [6.07, 6.45) is 0. The lowest BCUT2D eigenvalue weighted by Crippen LogP contribution is -2.11. The zero-order valence-corrected chi connectivity index (χ0v) is 6.87. The fraction of sp³-hybridized carbons (Fsp3) is 0.125. The van der Waals surface area contributed by atoms with Crippen molar-refractivity contribution >= 4 is 5.97 Å². The first-order chi connectivity index (χ1) is 6.37. The third kappa shape index (κ3) is 1.32. The third-order valence-corrected chi connectivity index (χ3v) is 1.72. The predicted molar refractivity (Wildman–Crippen MR) is 38.0 cm³/mol. The van der Waals surface area contributed by atoms with Gasteiger partial charge in [-0.25, -0.2) is 22.4 Å². The lowest BCUT2D eigenvalue weighted by atomic mass is 10.1. The monoisotopic (exact) mass is 208 g/mol. The lowest BCUT2D eigenvalue weighted by Gasteiger charge is -2.05. The molecule has 0 aliphatic carbocycles. The van der Waals surface area contributed by atoms with Gasteiger partial charge in [0.1, 0.15) is 5.56 Å². The summed E-state index contributed by atoms with van der Waals surface area (Å²) < 4.78 is 50.6. The average Bonchev–Trinajstić information content (AvgIpc) is 2.11. The largest absolute Gasteiger partial charge is 0.478 e. The Balaban J connectivity index is 3.68. The molecule has 0 bridgehead atoms. The fourth-order valence-corrected chi connectivity index (χ4v) is 0.996. The molecule has 1 N–H and O–H groups in total. The molecule has 0 aliphatic heterocycles. The van der Waals surface area contributed by atoms with E-state index in [9.17, 15) is 22.4 Å². The van der Waals surface area contributed by atoms with Crippen LogP contribution < -0.4 is 0 Å². The highest BCUT2D eigenvalue weighted by molar-refractivity contribution is 5.89. The quantitative estimate of drug-likeness (QED) is 0.436. The number of carboxylic acid groups (broad SMARTS) is 1. The standard InChI is InChI=1S/C8H4F4O2/c1-2-3(8(13)14)5(10)7(12)6(11)4(2)9/h1H3,(H,13,14). The van der Waals surface area contributed by atoms with Gasteiger partial charge in [0, 0.05) is 5.56 Å². The van der Waals surface area contributed by atoms with Crippen LogP contribution in [0.1, 0.15) is 15.9 Å². The van der Waals surface area contributed by atoms with E-state index >= 15 is 0 Å². The van der Waals surface area contributed by atoms with Gasteiger partial charge >= 0.3 is 5.97 Å². The van der Waals surface area contributed by atoms with Crippen molar-refractivity contribution in [3.05, 3.63) is 34.4 Å². The second-order valence-electron chi connectivity index (χ2n) is 2.56. The zero-order chi connectivity index (χ0) is 11.0. The Morgan fingerprint density at radius 3 is 1.86 bits per heavy atom. The van der Waals surface area contributed by atoms with E-state index in [2.05, 4.69) is 0 Å². The molecule has 0 aliphatic rings. The molecule has 0 atom stereocenters. The minimum absolute atomic E-state index is 0.770. The van der Waals surface area contributed by atoms with Crippen molar-refractivity contribution in [2.75, 3.05) is 0 Å². The summed E-state index contributed by atoms with van der Waals surface area (Å²) in [5.41, 5.74) is -1.96. The molecule has 2 nitrogen and oxygen atoms in total. The maximum Gasteiger partial charge on any atom is 0.339 e. The van der Waals surface area contributed by atoms with Crippen LogP contribution in [0.2, 0.25) is 0 Å². The Hall–Kier alpha value is -1.59. The van der Waals surface area contributed by atoms with E-state index < -0.39 is 40.4 Å². The molecule has 0 unspecified atom stereocenters. The molecular formula is C8H4F4O2. The first-order valence-corrected chi connectivity index (χ1v) is 3.43. The van der Waals surface area contributed by atoms with Gasteiger partial charge in [-0.3, -0.25) is 0 Å². The third-order valence-electron chi connectivity index (χ3n) is 1.72. The van der Waals surface area contributed by atoms with Crippen molar-refractivity contribution < 1.29 is 27.5 Å². The summed E-state index contributed by atoms with van der Waals surface area (Å²) in [5, 5.41) is 8.39. The van der Waals surface area contributed by atoms with E-state index in [1.165, 1.54) is 0 Å². The van der Waals surface area contributed by atoms with Gasteiger partial charge in [-0.1, -0.05) is 0 Å². The van der Waals surface area contributed by atoms with Crippen LogP contribution in [-0.2, 0) is 0 Å². The number of carbonyl (C=O) groups is 1. The number of halogens is 4. The molecule has 0 saturated carbocycles. The molecule has 0 amide bonds. The Labute approximate surface area is 75.8 Å². The molecule has 0 heterocycles. The van der Waals surface area contributed by atoms with Gasteiger partial charge in [0.25, 0.3) is 0 Å². The lowest BCUT2D eigenvalue weighted by molar-refractivity contribution is 0.0688. The molecule has 1 aromatic carbocycles. The molecule has 0 aromatic heterocycles. The van der Waals surface area contributed by atoms with Crippen LogP contribution in [0.4, 0.5) is 17.6 Å². The highest BCUT2D eigenvalue weighted by atomic mass is 19.2. The highest BCUT2D eigenvalue weighted by Crippen LogP contribution is 2.23. The molecule has 0 radical (unpaired) electrons. The fourth-order valence-electron chi connectivity index (χ4n) is 0.996.